The Labute approximate surface area is 213 Å². The van der Waals surface area contributed by atoms with Gasteiger partial charge in [-0.2, -0.15) is 5.26 Å². The number of nitriles is 1. The first kappa shape index (κ1) is 25.1. The zero-order chi connectivity index (χ0) is 25.3. The average molecular weight is 512 g/mol. The summed E-state index contributed by atoms with van der Waals surface area (Å²) < 4.78 is 15.3. The van der Waals surface area contributed by atoms with Gasteiger partial charge in [-0.3, -0.25) is 19.1 Å². The third-order valence-corrected chi connectivity index (χ3v) is 7.75. The fraction of sp³-hybridized carbons (Fsp3) is 0.360. The molecule has 2 aliphatic rings. The van der Waals surface area contributed by atoms with E-state index in [2.05, 4.69) is 22.9 Å². The van der Waals surface area contributed by atoms with Gasteiger partial charge in [0.1, 0.15) is 27.6 Å². The summed E-state index contributed by atoms with van der Waals surface area (Å²) in [6, 6.07) is 8.02. The molecule has 1 aromatic carbocycles. The molecule has 0 radical (unpaired) electrons. The van der Waals surface area contributed by atoms with Crippen molar-refractivity contribution in [3.63, 3.8) is 0 Å². The number of thioether (sulfide) groups is 1. The number of rotatable bonds is 5. The van der Waals surface area contributed by atoms with E-state index in [-0.39, 0.29) is 29.4 Å². The molecular weight excluding hydrogens is 485 g/mol. The number of carbonyl (C=O) groups is 1. The van der Waals surface area contributed by atoms with Crippen molar-refractivity contribution in [3.8, 4) is 6.07 Å². The van der Waals surface area contributed by atoms with Gasteiger partial charge in [-0.25, -0.2) is 4.39 Å². The summed E-state index contributed by atoms with van der Waals surface area (Å²) in [6.07, 6.45) is 1.76. The number of pyridine rings is 1. The molecule has 35 heavy (non-hydrogen) atoms. The minimum absolute atomic E-state index is 0.0813. The second kappa shape index (κ2) is 10.3. The molecule has 0 saturated carbocycles. The highest BCUT2D eigenvalue weighted by Crippen LogP contribution is 2.36. The summed E-state index contributed by atoms with van der Waals surface area (Å²) in [5.41, 5.74) is 1.78. The van der Waals surface area contributed by atoms with Crippen LogP contribution in [0.1, 0.15) is 29.2 Å². The van der Waals surface area contributed by atoms with Crippen LogP contribution >= 0.6 is 24.0 Å². The number of nitrogens with zero attached hydrogens (tertiary/aromatic N) is 5. The zero-order valence-electron chi connectivity index (χ0n) is 19.9. The molecule has 1 amide bonds. The lowest BCUT2D eigenvalue weighted by atomic mass is 10.0. The topological polar surface area (TPSA) is 72.6 Å². The van der Waals surface area contributed by atoms with E-state index >= 15 is 0 Å². The van der Waals surface area contributed by atoms with Crippen molar-refractivity contribution in [1.82, 2.24) is 14.4 Å². The van der Waals surface area contributed by atoms with E-state index in [0.29, 0.717) is 26.9 Å². The van der Waals surface area contributed by atoms with Crippen molar-refractivity contribution in [2.75, 3.05) is 38.1 Å². The Morgan fingerprint density at radius 3 is 2.43 bits per heavy atom. The predicted molar refractivity (Wildman–Crippen MR) is 141 cm³/mol. The first-order chi connectivity index (χ1) is 16.7. The maximum absolute atomic E-state index is 13.3. The molecule has 3 heterocycles. The highest BCUT2D eigenvalue weighted by molar-refractivity contribution is 8.26. The molecule has 0 bridgehead atoms. The second-order valence-corrected chi connectivity index (χ2v) is 10.3. The van der Waals surface area contributed by atoms with Crippen molar-refractivity contribution in [1.29, 1.82) is 5.26 Å². The molecule has 0 unspecified atom stereocenters. The van der Waals surface area contributed by atoms with Crippen LogP contribution in [0.15, 0.2) is 34.0 Å². The third-order valence-electron chi connectivity index (χ3n) is 6.37. The monoisotopic (exact) mass is 511 g/mol. The summed E-state index contributed by atoms with van der Waals surface area (Å²) in [4.78, 5) is 32.8. The molecule has 2 aliphatic heterocycles. The zero-order valence-corrected chi connectivity index (χ0v) is 21.5. The van der Waals surface area contributed by atoms with E-state index in [0.717, 1.165) is 37.6 Å². The summed E-state index contributed by atoms with van der Waals surface area (Å²) in [6.45, 7) is 7.42. The van der Waals surface area contributed by atoms with Gasteiger partial charge in [0.05, 0.1) is 11.4 Å². The normalized spacial score (nSPS) is 18.0. The molecule has 4 rings (SSSR count). The van der Waals surface area contributed by atoms with Gasteiger partial charge in [0.15, 0.2) is 0 Å². The Morgan fingerprint density at radius 2 is 1.83 bits per heavy atom. The van der Waals surface area contributed by atoms with Gasteiger partial charge < -0.3 is 9.80 Å². The molecule has 10 heteroatoms. The number of thiocarbonyl (C=S) groups is 1. The van der Waals surface area contributed by atoms with Gasteiger partial charge in [0, 0.05) is 38.3 Å². The Hall–Kier alpha value is -3.00. The van der Waals surface area contributed by atoms with E-state index in [4.69, 9.17) is 12.2 Å². The molecule has 2 fully saturated rings. The van der Waals surface area contributed by atoms with Crippen molar-refractivity contribution >= 4 is 46.1 Å². The molecular formula is C25H26FN5O2S2. The summed E-state index contributed by atoms with van der Waals surface area (Å²) >= 11 is 6.68. The van der Waals surface area contributed by atoms with Crippen LogP contribution in [0.25, 0.3) is 6.08 Å². The van der Waals surface area contributed by atoms with Crippen molar-refractivity contribution in [3.05, 3.63) is 67.6 Å². The standard InChI is InChI=1S/C25H26FN5O2S2/c1-4-30-22(29-11-9-28(3)10-12-29)19(16(2)20(14-27)23(30)32)13-21-24(33)31(25(34)35-21)15-17-5-7-18(26)8-6-17/h5-8,13H,4,9-12,15H2,1-3H3/b21-13-. The number of hydrogen-bond donors (Lipinski definition) is 0. The maximum atomic E-state index is 13.3. The van der Waals surface area contributed by atoms with E-state index in [1.165, 1.54) is 28.8 Å². The lowest BCUT2D eigenvalue weighted by Gasteiger charge is -2.36. The SMILES string of the molecule is CCn1c(N2CCN(C)CC2)c(/C=C2\SC(=S)N(Cc3ccc(F)cc3)C2=O)c(C)c(C#N)c1=O. The predicted octanol–water partition coefficient (Wildman–Crippen LogP) is 3.34. The van der Waals surface area contributed by atoms with E-state index in [1.807, 2.05) is 6.92 Å². The molecule has 0 spiro atoms. The number of benzene rings is 1. The summed E-state index contributed by atoms with van der Waals surface area (Å²) in [5.74, 6) is 0.136. The fourth-order valence-electron chi connectivity index (χ4n) is 4.34. The van der Waals surface area contributed by atoms with E-state index in [9.17, 15) is 19.2 Å². The largest absolute Gasteiger partial charge is 0.355 e. The van der Waals surface area contributed by atoms with Crippen LogP contribution in [0, 0.1) is 24.1 Å². The van der Waals surface area contributed by atoms with Crippen molar-refractivity contribution in [2.24, 2.45) is 0 Å². The Balaban J connectivity index is 1.78. The first-order valence-electron chi connectivity index (χ1n) is 11.4. The summed E-state index contributed by atoms with van der Waals surface area (Å²) in [5, 5.41) is 9.73. The molecule has 0 atom stereocenters. The van der Waals surface area contributed by atoms with Gasteiger partial charge in [0.2, 0.25) is 0 Å². The minimum atomic E-state index is -0.342. The number of anilines is 1. The van der Waals surface area contributed by atoms with E-state index in [1.54, 1.807) is 29.7 Å². The van der Waals surface area contributed by atoms with Crippen molar-refractivity contribution in [2.45, 2.75) is 26.9 Å². The van der Waals surface area contributed by atoms with Crippen LogP contribution < -0.4 is 10.5 Å². The van der Waals surface area contributed by atoms with Crippen LogP contribution in [-0.4, -0.2) is 57.8 Å². The molecule has 182 valence electrons. The van der Waals surface area contributed by atoms with Crippen LogP contribution in [0.5, 0.6) is 0 Å². The number of likely N-dealkylation sites (N-methyl/N-ethyl adjacent to an activating group) is 1. The van der Waals surface area contributed by atoms with Gasteiger partial charge in [0.25, 0.3) is 11.5 Å². The van der Waals surface area contributed by atoms with Gasteiger partial charge in [-0.15, -0.1) is 0 Å². The average Bonchev–Trinajstić information content (AvgIpc) is 3.10. The molecule has 0 aliphatic carbocycles. The molecule has 2 saturated heterocycles. The van der Waals surface area contributed by atoms with Crippen molar-refractivity contribution < 1.29 is 9.18 Å². The highest BCUT2D eigenvalue weighted by Gasteiger charge is 2.33. The smallest absolute Gasteiger partial charge is 0.270 e. The number of hydrogen-bond acceptors (Lipinski definition) is 7. The van der Waals surface area contributed by atoms with E-state index < -0.39 is 0 Å². The molecule has 1 aromatic heterocycles. The fourth-order valence-corrected chi connectivity index (χ4v) is 5.57. The summed E-state index contributed by atoms with van der Waals surface area (Å²) in [7, 11) is 2.06. The third kappa shape index (κ3) is 4.89. The van der Waals surface area contributed by atoms with Gasteiger partial charge in [-0.1, -0.05) is 36.1 Å². The minimum Gasteiger partial charge on any atom is -0.355 e. The Morgan fingerprint density at radius 1 is 1.17 bits per heavy atom. The van der Waals surface area contributed by atoms with Crippen LogP contribution in [0.4, 0.5) is 10.2 Å². The van der Waals surface area contributed by atoms with Gasteiger partial charge >= 0.3 is 0 Å². The molecule has 7 nitrogen and oxygen atoms in total. The molecule has 0 N–H and O–H groups in total. The first-order valence-corrected chi connectivity index (χ1v) is 12.6. The second-order valence-electron chi connectivity index (χ2n) is 8.58. The number of halogens is 1. The lowest BCUT2D eigenvalue weighted by Crippen LogP contribution is -2.47. The van der Waals surface area contributed by atoms with Gasteiger partial charge in [-0.05, 0) is 50.2 Å². The maximum Gasteiger partial charge on any atom is 0.270 e. The highest BCUT2D eigenvalue weighted by atomic mass is 32.2. The lowest BCUT2D eigenvalue weighted by molar-refractivity contribution is -0.122. The quantitative estimate of drug-likeness (QED) is 0.450. The van der Waals surface area contributed by atoms with Crippen LogP contribution in [0.3, 0.4) is 0 Å². The molecule has 2 aromatic rings. The van der Waals surface area contributed by atoms with Crippen LogP contribution in [0.2, 0.25) is 0 Å². The number of piperazine rings is 1. The number of carbonyl (C=O) groups excluding carboxylic acids is 1. The van der Waals surface area contributed by atoms with Crippen LogP contribution in [-0.2, 0) is 17.9 Å². The number of amides is 1. The Kier molecular flexibility index (Phi) is 7.40. The number of aromatic nitrogens is 1. The Bertz CT molecular complexity index is 1310.